The van der Waals surface area contributed by atoms with Crippen LogP contribution in [0.2, 0.25) is 0 Å². The fourth-order valence-electron chi connectivity index (χ4n) is 4.07. The molecule has 132 valence electrons. The Morgan fingerprint density at radius 2 is 1.88 bits per heavy atom. The Kier molecular flexibility index (Phi) is 5.28. The van der Waals surface area contributed by atoms with Gasteiger partial charge in [0.05, 0.1) is 11.5 Å². The minimum Gasteiger partial charge on any atom is -0.481 e. The minimum absolute atomic E-state index is 0.0585. The van der Waals surface area contributed by atoms with E-state index in [0.717, 1.165) is 12.0 Å². The van der Waals surface area contributed by atoms with Crippen LogP contribution < -0.4 is 0 Å². The first-order valence-electron chi connectivity index (χ1n) is 8.27. The average Bonchev–Trinajstić information content (AvgIpc) is 2.51. The van der Waals surface area contributed by atoms with Crippen LogP contribution in [0.15, 0.2) is 24.3 Å². The number of amides is 1. The standard InChI is InChI=1S/C19H26ClNO3/c1-18(2,12-19(3,4)17(23)24)16-14-8-6-5-7-13(14)9-10-21(16)15(22)11-20/h5-8,16H,9-12H2,1-4H3,(H,23,24). The Morgan fingerprint density at radius 3 is 2.46 bits per heavy atom. The number of carboxylic acids is 1. The minimum atomic E-state index is -0.869. The van der Waals surface area contributed by atoms with Crippen LogP contribution in [0, 0.1) is 10.8 Å². The molecule has 1 aromatic carbocycles. The zero-order valence-electron chi connectivity index (χ0n) is 14.8. The van der Waals surface area contributed by atoms with Crippen LogP contribution in [-0.2, 0) is 16.0 Å². The predicted molar refractivity (Wildman–Crippen MR) is 95.1 cm³/mol. The van der Waals surface area contributed by atoms with E-state index in [9.17, 15) is 14.7 Å². The number of fused-ring (bicyclic) bond motifs is 1. The number of nitrogens with zero attached hydrogens (tertiary/aromatic N) is 1. The van der Waals surface area contributed by atoms with E-state index >= 15 is 0 Å². The van der Waals surface area contributed by atoms with Gasteiger partial charge in [0, 0.05) is 6.54 Å². The molecule has 1 heterocycles. The first-order chi connectivity index (χ1) is 11.1. The Labute approximate surface area is 148 Å². The molecule has 0 spiro atoms. The summed E-state index contributed by atoms with van der Waals surface area (Å²) in [4.78, 5) is 25.8. The lowest BCUT2D eigenvalue weighted by atomic mass is 9.67. The van der Waals surface area contributed by atoms with Crippen molar-refractivity contribution in [3.8, 4) is 0 Å². The van der Waals surface area contributed by atoms with Crippen LogP contribution in [-0.4, -0.2) is 34.3 Å². The molecule has 4 nitrogen and oxygen atoms in total. The molecule has 0 radical (unpaired) electrons. The van der Waals surface area contributed by atoms with Crippen molar-refractivity contribution in [2.45, 2.75) is 46.6 Å². The number of aliphatic carboxylic acids is 1. The molecule has 0 saturated carbocycles. The van der Waals surface area contributed by atoms with Gasteiger partial charge in [-0.05, 0) is 43.2 Å². The molecule has 24 heavy (non-hydrogen) atoms. The largest absolute Gasteiger partial charge is 0.481 e. The molecule has 1 aliphatic rings. The molecular weight excluding hydrogens is 326 g/mol. The fraction of sp³-hybridized carbons (Fsp3) is 0.579. The Hall–Kier alpha value is -1.55. The first-order valence-corrected chi connectivity index (χ1v) is 8.80. The number of carbonyl (C=O) groups is 2. The summed E-state index contributed by atoms with van der Waals surface area (Å²) in [5.41, 5.74) is 1.06. The summed E-state index contributed by atoms with van der Waals surface area (Å²) in [5, 5.41) is 9.52. The third kappa shape index (κ3) is 3.59. The Morgan fingerprint density at radius 1 is 1.25 bits per heavy atom. The molecule has 0 fully saturated rings. The van der Waals surface area contributed by atoms with Gasteiger partial charge in [0.25, 0.3) is 0 Å². The van der Waals surface area contributed by atoms with Crippen molar-refractivity contribution < 1.29 is 14.7 Å². The van der Waals surface area contributed by atoms with Gasteiger partial charge in [0.15, 0.2) is 0 Å². The van der Waals surface area contributed by atoms with Crippen molar-refractivity contribution in [2.75, 3.05) is 12.4 Å². The van der Waals surface area contributed by atoms with Crippen molar-refractivity contribution in [1.82, 2.24) is 4.90 Å². The molecule has 1 unspecified atom stereocenters. The molecule has 5 heteroatoms. The van der Waals surface area contributed by atoms with Crippen molar-refractivity contribution in [3.05, 3.63) is 35.4 Å². The van der Waals surface area contributed by atoms with Gasteiger partial charge in [0.1, 0.15) is 5.88 Å². The van der Waals surface area contributed by atoms with Gasteiger partial charge < -0.3 is 10.0 Å². The lowest BCUT2D eigenvalue weighted by Crippen LogP contribution is -2.48. The summed E-state index contributed by atoms with van der Waals surface area (Å²) in [6.45, 7) is 8.17. The highest BCUT2D eigenvalue weighted by atomic mass is 35.5. The van der Waals surface area contributed by atoms with Crippen LogP contribution in [0.3, 0.4) is 0 Å². The maximum absolute atomic E-state index is 12.4. The molecule has 0 bridgehead atoms. The predicted octanol–water partition coefficient (Wildman–Crippen LogP) is 3.88. The van der Waals surface area contributed by atoms with Crippen LogP contribution in [0.4, 0.5) is 0 Å². The number of alkyl halides is 1. The number of benzene rings is 1. The molecule has 1 N–H and O–H groups in total. The van der Waals surface area contributed by atoms with Gasteiger partial charge in [-0.25, -0.2) is 0 Å². The number of hydrogen-bond donors (Lipinski definition) is 1. The normalized spacial score (nSPS) is 18.2. The first kappa shape index (κ1) is 18.8. The van der Waals surface area contributed by atoms with E-state index in [-0.39, 0.29) is 17.8 Å². The van der Waals surface area contributed by atoms with Gasteiger partial charge in [-0.2, -0.15) is 0 Å². The molecule has 0 aromatic heterocycles. The van der Waals surface area contributed by atoms with Gasteiger partial charge in [-0.3, -0.25) is 9.59 Å². The van der Waals surface area contributed by atoms with Gasteiger partial charge in [-0.15, -0.1) is 11.6 Å². The van der Waals surface area contributed by atoms with E-state index in [1.807, 2.05) is 36.9 Å². The van der Waals surface area contributed by atoms with Crippen molar-refractivity contribution in [1.29, 1.82) is 0 Å². The third-order valence-corrected chi connectivity index (χ3v) is 5.16. The van der Waals surface area contributed by atoms with Crippen LogP contribution in [0.1, 0.15) is 51.3 Å². The third-order valence-electron chi connectivity index (χ3n) is 4.93. The number of rotatable bonds is 5. The second kappa shape index (κ2) is 6.75. The Bertz CT molecular complexity index is 639. The summed E-state index contributed by atoms with van der Waals surface area (Å²) in [5.74, 6) is -0.982. The summed E-state index contributed by atoms with van der Waals surface area (Å²) >= 11 is 5.83. The lowest BCUT2D eigenvalue weighted by Gasteiger charge is -2.47. The van der Waals surface area contributed by atoms with Crippen molar-refractivity contribution in [3.63, 3.8) is 0 Å². The maximum Gasteiger partial charge on any atom is 0.309 e. The van der Waals surface area contributed by atoms with E-state index in [2.05, 4.69) is 6.07 Å². The van der Waals surface area contributed by atoms with Crippen LogP contribution in [0.25, 0.3) is 0 Å². The topological polar surface area (TPSA) is 57.6 Å². The Balaban J connectivity index is 2.48. The highest BCUT2D eigenvalue weighted by molar-refractivity contribution is 6.27. The molecular formula is C19H26ClNO3. The van der Waals surface area contributed by atoms with E-state index < -0.39 is 16.8 Å². The number of hydrogen-bond acceptors (Lipinski definition) is 2. The second-order valence-corrected chi connectivity index (χ2v) is 8.19. The summed E-state index contributed by atoms with van der Waals surface area (Å²) in [6.07, 6.45) is 1.26. The van der Waals surface area contributed by atoms with E-state index in [4.69, 9.17) is 11.6 Å². The van der Waals surface area contributed by atoms with Crippen LogP contribution >= 0.6 is 11.6 Å². The highest BCUT2D eigenvalue weighted by Crippen LogP contribution is 2.48. The van der Waals surface area contributed by atoms with Crippen molar-refractivity contribution in [2.24, 2.45) is 10.8 Å². The highest BCUT2D eigenvalue weighted by Gasteiger charge is 2.45. The second-order valence-electron chi connectivity index (χ2n) is 7.93. The molecule has 1 aromatic rings. The monoisotopic (exact) mass is 351 g/mol. The summed E-state index contributed by atoms with van der Waals surface area (Å²) < 4.78 is 0. The van der Waals surface area contributed by atoms with E-state index in [1.165, 1.54) is 5.56 Å². The van der Waals surface area contributed by atoms with Gasteiger partial charge >= 0.3 is 5.97 Å². The van der Waals surface area contributed by atoms with Crippen molar-refractivity contribution >= 4 is 23.5 Å². The van der Waals surface area contributed by atoms with Crippen LogP contribution in [0.5, 0.6) is 0 Å². The number of halogens is 1. The fourth-order valence-corrected chi connectivity index (χ4v) is 4.22. The van der Waals surface area contributed by atoms with E-state index in [1.54, 1.807) is 13.8 Å². The molecule has 1 aliphatic heterocycles. The smallest absolute Gasteiger partial charge is 0.309 e. The molecule has 0 aliphatic carbocycles. The quantitative estimate of drug-likeness (QED) is 0.819. The van der Waals surface area contributed by atoms with Gasteiger partial charge in [-0.1, -0.05) is 38.1 Å². The number of carboxylic acid groups (broad SMARTS) is 1. The zero-order valence-corrected chi connectivity index (χ0v) is 15.6. The average molecular weight is 352 g/mol. The molecule has 2 rings (SSSR count). The zero-order chi connectivity index (χ0) is 18.1. The van der Waals surface area contributed by atoms with E-state index in [0.29, 0.717) is 13.0 Å². The molecule has 1 atom stereocenters. The SMILES string of the molecule is CC(C)(CC(C)(C)C1c2ccccc2CCN1C(=O)CCl)C(=O)O. The summed E-state index contributed by atoms with van der Waals surface area (Å²) in [7, 11) is 0. The maximum atomic E-state index is 12.4. The lowest BCUT2D eigenvalue weighted by molar-refractivity contribution is -0.150. The number of carbonyl (C=O) groups excluding carboxylic acids is 1. The molecule has 0 saturated heterocycles. The van der Waals surface area contributed by atoms with Gasteiger partial charge in [0.2, 0.25) is 5.91 Å². The molecule has 1 amide bonds. The summed E-state index contributed by atoms with van der Waals surface area (Å²) in [6, 6.07) is 7.93.